The van der Waals surface area contributed by atoms with Crippen molar-refractivity contribution >= 4 is 43.3 Å². The van der Waals surface area contributed by atoms with Gasteiger partial charge in [0, 0.05) is 6.61 Å². The first-order chi connectivity index (χ1) is 3.15. The van der Waals surface area contributed by atoms with Crippen LogP contribution < -0.4 is 0 Å². The van der Waals surface area contributed by atoms with Gasteiger partial charge in [-0.1, -0.05) is 0 Å². The zero-order chi connectivity index (χ0) is 6.28. The molecule has 0 aromatic carbocycles. The first-order valence-electron chi connectivity index (χ1n) is 1.53. The predicted octanol–water partition coefficient (Wildman–Crippen LogP) is 1.69. The molecule has 0 saturated heterocycles. The quantitative estimate of drug-likeness (QED) is 0.666. The van der Waals surface area contributed by atoms with E-state index >= 15 is 0 Å². The van der Waals surface area contributed by atoms with Gasteiger partial charge in [0.2, 0.25) is 0 Å². The van der Waals surface area contributed by atoms with Crippen LogP contribution in [0.3, 0.4) is 0 Å². The van der Waals surface area contributed by atoms with E-state index in [-0.39, 0.29) is 6.61 Å². The molecule has 0 bridgehead atoms. The Morgan fingerprint density at radius 1 is 1.43 bits per heavy atom. The Morgan fingerprint density at radius 3 is 1.43 bits per heavy atom. The number of halogens is 3. The fraction of sp³-hybridized carbons (Fsp3) is 1.00. The molecule has 0 heterocycles. The minimum atomic E-state index is -2.03. The number of hydrogen-bond acceptors (Lipinski definition) is 1. The molecule has 0 radical (unpaired) electrons. The summed E-state index contributed by atoms with van der Waals surface area (Å²) >= 11 is -2.03. The van der Waals surface area contributed by atoms with Gasteiger partial charge in [-0.3, -0.25) is 0 Å². The molecule has 0 atom stereocenters. The summed E-state index contributed by atoms with van der Waals surface area (Å²) in [5, 5.41) is 7.57. The minimum absolute atomic E-state index is 0.250. The van der Waals surface area contributed by atoms with Crippen LogP contribution >= 0.6 is 26.5 Å². The summed E-state index contributed by atoms with van der Waals surface area (Å²) in [5.41, 5.74) is 0. The van der Waals surface area contributed by atoms with E-state index in [1.54, 1.807) is 6.92 Å². The van der Waals surface area contributed by atoms with E-state index in [0.717, 1.165) is 0 Å². The Morgan fingerprint density at radius 2 is 1.43 bits per heavy atom. The molecule has 1 N–H and O–H groups in total. The summed E-state index contributed by atoms with van der Waals surface area (Å²) in [6.07, 6.45) is 0. The van der Waals surface area contributed by atoms with Crippen molar-refractivity contribution in [1.82, 2.24) is 0 Å². The molecule has 0 saturated carbocycles. The first kappa shape index (κ1) is 11.4. The summed E-state index contributed by atoms with van der Waals surface area (Å²) in [7, 11) is 15.0. The van der Waals surface area contributed by atoms with Crippen LogP contribution in [0.1, 0.15) is 6.92 Å². The SMILES string of the molecule is CCO.[Cl][Sb]([Cl])[Cl]. The fourth-order valence-corrected chi connectivity index (χ4v) is 0. The fourth-order valence-electron chi connectivity index (χ4n) is 0. The third kappa shape index (κ3) is 89.8. The molecule has 1 nitrogen and oxygen atoms in total. The second kappa shape index (κ2) is 10.6. The second-order valence-electron chi connectivity index (χ2n) is 0.508. The van der Waals surface area contributed by atoms with Gasteiger partial charge in [-0.15, -0.1) is 0 Å². The molecule has 0 aromatic rings. The van der Waals surface area contributed by atoms with Crippen molar-refractivity contribution < 1.29 is 5.11 Å². The van der Waals surface area contributed by atoms with Gasteiger partial charge in [-0.2, -0.15) is 0 Å². The van der Waals surface area contributed by atoms with Crippen LogP contribution in [-0.2, 0) is 0 Å². The first-order valence-corrected chi connectivity index (χ1v) is 11.2. The average molecular weight is 274 g/mol. The molecule has 0 amide bonds. The molecular formula is C2H6Cl3OSb. The molecule has 0 fully saturated rings. The van der Waals surface area contributed by atoms with Crippen LogP contribution in [0.25, 0.3) is 0 Å². The van der Waals surface area contributed by atoms with Gasteiger partial charge in [-0.25, -0.2) is 0 Å². The van der Waals surface area contributed by atoms with E-state index in [1.165, 1.54) is 0 Å². The monoisotopic (exact) mass is 272 g/mol. The maximum absolute atomic E-state index is 7.57. The van der Waals surface area contributed by atoms with Gasteiger partial charge in [0.05, 0.1) is 0 Å². The summed E-state index contributed by atoms with van der Waals surface area (Å²) in [5.74, 6) is 0. The van der Waals surface area contributed by atoms with Gasteiger partial charge in [-0.05, 0) is 6.92 Å². The van der Waals surface area contributed by atoms with Crippen LogP contribution in [-0.4, -0.2) is 28.5 Å². The normalized spacial score (nSPS) is 7.71. The van der Waals surface area contributed by atoms with E-state index in [0.29, 0.717) is 0 Å². The van der Waals surface area contributed by atoms with Gasteiger partial charge < -0.3 is 5.11 Å². The molecule has 5 heteroatoms. The Hall–Kier alpha value is 1.65. The Bertz CT molecular complexity index is 24.1. The molecule has 0 aliphatic heterocycles. The van der Waals surface area contributed by atoms with Gasteiger partial charge in [0.25, 0.3) is 0 Å². The topological polar surface area (TPSA) is 20.2 Å². The molecule has 0 rings (SSSR count). The number of hydrogen-bond donors (Lipinski definition) is 1. The van der Waals surface area contributed by atoms with Crippen molar-refractivity contribution in [2.75, 3.05) is 6.61 Å². The number of aliphatic hydroxyl groups excluding tert-OH is 1. The third-order valence-electron chi connectivity index (χ3n) is 0. The molecule has 7 heavy (non-hydrogen) atoms. The average Bonchev–Trinajstić information content (AvgIpc) is 1.33. The van der Waals surface area contributed by atoms with E-state index in [9.17, 15) is 0 Å². The van der Waals surface area contributed by atoms with Gasteiger partial charge in [0.15, 0.2) is 0 Å². The van der Waals surface area contributed by atoms with E-state index in [1.807, 2.05) is 0 Å². The van der Waals surface area contributed by atoms with Crippen LogP contribution in [0, 0.1) is 0 Å². The molecule has 0 aromatic heterocycles. The third-order valence-corrected chi connectivity index (χ3v) is 0. The van der Waals surface area contributed by atoms with Crippen LogP contribution in [0.2, 0.25) is 0 Å². The predicted molar refractivity (Wildman–Crippen MR) is 36.1 cm³/mol. The Balaban J connectivity index is 0. The molecule has 0 unspecified atom stereocenters. The summed E-state index contributed by atoms with van der Waals surface area (Å²) < 4.78 is 0. The maximum atomic E-state index is 7.57. The number of aliphatic hydroxyl groups is 1. The summed E-state index contributed by atoms with van der Waals surface area (Å²) in [6.45, 7) is 1.93. The molecule has 0 aliphatic rings. The zero-order valence-corrected chi connectivity index (χ0v) is 8.56. The zero-order valence-electron chi connectivity index (χ0n) is 3.74. The Labute approximate surface area is 61.6 Å². The van der Waals surface area contributed by atoms with E-state index in [2.05, 4.69) is 0 Å². The standard InChI is InChI=1S/C2H6O.3ClH.Sb/c1-2-3;;;;/h3H,2H2,1H3;3*1H;/q;;;;+3/p-3. The van der Waals surface area contributed by atoms with Crippen molar-refractivity contribution in [3.05, 3.63) is 0 Å². The second-order valence-corrected chi connectivity index (χ2v) is 11.9. The van der Waals surface area contributed by atoms with Crippen molar-refractivity contribution in [1.29, 1.82) is 0 Å². The number of rotatable bonds is 0. The Kier molecular flexibility index (Phi) is 17.3. The van der Waals surface area contributed by atoms with Crippen molar-refractivity contribution in [2.24, 2.45) is 0 Å². The van der Waals surface area contributed by atoms with E-state index < -0.39 is 16.8 Å². The van der Waals surface area contributed by atoms with Crippen molar-refractivity contribution in [3.63, 3.8) is 0 Å². The summed E-state index contributed by atoms with van der Waals surface area (Å²) in [6, 6.07) is 0. The van der Waals surface area contributed by atoms with Crippen molar-refractivity contribution in [2.45, 2.75) is 6.92 Å². The molecule has 46 valence electrons. The van der Waals surface area contributed by atoms with E-state index in [4.69, 9.17) is 31.6 Å². The van der Waals surface area contributed by atoms with Gasteiger partial charge >= 0.3 is 43.3 Å². The molecular weight excluding hydrogens is 268 g/mol. The van der Waals surface area contributed by atoms with Gasteiger partial charge in [0.1, 0.15) is 0 Å². The molecule has 0 aliphatic carbocycles. The van der Waals surface area contributed by atoms with Crippen LogP contribution in [0.15, 0.2) is 0 Å². The van der Waals surface area contributed by atoms with Crippen LogP contribution in [0.4, 0.5) is 0 Å². The summed E-state index contributed by atoms with van der Waals surface area (Å²) in [4.78, 5) is 0. The molecule has 0 spiro atoms. The van der Waals surface area contributed by atoms with Crippen LogP contribution in [0.5, 0.6) is 0 Å². The van der Waals surface area contributed by atoms with Crippen molar-refractivity contribution in [3.8, 4) is 0 Å².